The van der Waals surface area contributed by atoms with Crippen molar-refractivity contribution in [3.63, 3.8) is 0 Å². The molecule has 0 aliphatic rings. The Morgan fingerprint density at radius 3 is 2.52 bits per heavy atom. The lowest BCUT2D eigenvalue weighted by Crippen LogP contribution is -2.34. The maximum Gasteiger partial charge on any atom is 0.407 e. The fourth-order valence-electron chi connectivity index (χ4n) is 1.64. The van der Waals surface area contributed by atoms with Gasteiger partial charge in [0.25, 0.3) is 0 Å². The fourth-order valence-corrected chi connectivity index (χ4v) is 2.83. The summed E-state index contributed by atoms with van der Waals surface area (Å²) in [5.41, 5.74) is 4.75. The van der Waals surface area contributed by atoms with Crippen LogP contribution in [0.3, 0.4) is 0 Å². The van der Waals surface area contributed by atoms with Crippen LogP contribution >= 0.6 is 0 Å². The minimum absolute atomic E-state index is 0.0922. The Hall–Kier alpha value is -1.87. The number of sulfonamides is 1. The molecule has 0 heterocycles. The number of benzene rings is 1. The Morgan fingerprint density at radius 2 is 1.96 bits per heavy atom. The number of carbonyl (C=O) groups excluding carboxylic acids is 1. The van der Waals surface area contributed by atoms with Gasteiger partial charge in [-0.3, -0.25) is 0 Å². The number of anilines is 1. The van der Waals surface area contributed by atoms with Crippen LogP contribution in [0.25, 0.3) is 0 Å². The molecule has 0 aromatic heterocycles. The number of hydrogen-bond donors (Lipinski definition) is 3. The number of nitrogen functional groups attached to an aromatic ring is 1. The third-order valence-corrected chi connectivity index (χ3v) is 4.11. The van der Waals surface area contributed by atoms with Crippen LogP contribution in [0.2, 0.25) is 0 Å². The number of rotatable bonds is 6. The first-order chi connectivity index (χ1) is 10.5. The van der Waals surface area contributed by atoms with Crippen molar-refractivity contribution >= 4 is 21.8 Å². The highest BCUT2D eigenvalue weighted by molar-refractivity contribution is 7.89. The van der Waals surface area contributed by atoms with E-state index in [-0.39, 0.29) is 23.7 Å². The van der Waals surface area contributed by atoms with Crippen LogP contribution in [0.4, 0.5) is 14.9 Å². The number of alkyl carbamates (subject to hydrolysis) is 1. The van der Waals surface area contributed by atoms with Gasteiger partial charge in [0.15, 0.2) is 0 Å². The molecule has 1 amide bonds. The molecule has 4 N–H and O–H groups in total. The van der Waals surface area contributed by atoms with Crippen LogP contribution in [0, 0.1) is 5.82 Å². The van der Waals surface area contributed by atoms with Gasteiger partial charge >= 0.3 is 6.09 Å². The van der Waals surface area contributed by atoms with Gasteiger partial charge in [0.1, 0.15) is 16.3 Å². The smallest absolute Gasteiger partial charge is 0.407 e. The quantitative estimate of drug-likeness (QED) is 0.535. The van der Waals surface area contributed by atoms with Gasteiger partial charge < -0.3 is 15.8 Å². The minimum Gasteiger partial charge on any atom is -0.444 e. The highest BCUT2D eigenvalue weighted by Gasteiger charge is 2.18. The maximum absolute atomic E-state index is 12.9. The van der Waals surface area contributed by atoms with Gasteiger partial charge in [-0.25, -0.2) is 22.3 Å². The number of carbonyl (C=O) groups is 1. The molecular formula is C14H22FN3O4S. The summed E-state index contributed by atoms with van der Waals surface area (Å²) in [6.45, 7) is 5.57. The summed E-state index contributed by atoms with van der Waals surface area (Å²) in [6.07, 6.45) is -0.206. The normalized spacial score (nSPS) is 12.0. The number of ether oxygens (including phenoxy) is 1. The number of nitrogens with two attached hydrogens (primary N) is 1. The molecule has 0 atom stereocenters. The summed E-state index contributed by atoms with van der Waals surface area (Å²) in [5.74, 6) is -0.608. The van der Waals surface area contributed by atoms with Gasteiger partial charge in [-0.15, -0.1) is 0 Å². The molecule has 130 valence electrons. The van der Waals surface area contributed by atoms with Crippen LogP contribution in [0.5, 0.6) is 0 Å². The first kappa shape index (κ1) is 19.2. The van der Waals surface area contributed by atoms with Crippen molar-refractivity contribution in [1.29, 1.82) is 0 Å². The van der Waals surface area contributed by atoms with Gasteiger partial charge in [-0.1, -0.05) is 0 Å². The van der Waals surface area contributed by atoms with E-state index < -0.39 is 27.5 Å². The number of amides is 1. The predicted octanol–water partition coefficient (Wildman–Crippen LogP) is 1.60. The molecule has 0 saturated heterocycles. The van der Waals surface area contributed by atoms with Crippen LogP contribution < -0.4 is 15.8 Å². The standard InChI is InChI=1S/C14H22FN3O4S/c1-14(2,3)22-13(19)17-7-4-8-18-23(20,21)12-6-5-10(15)9-11(12)16/h5-6,9,18H,4,7-8,16H2,1-3H3,(H,17,19). The Labute approximate surface area is 135 Å². The van der Waals surface area contributed by atoms with Crippen LogP contribution in [0.1, 0.15) is 27.2 Å². The summed E-state index contributed by atoms with van der Waals surface area (Å²) in [4.78, 5) is 11.2. The van der Waals surface area contributed by atoms with E-state index in [4.69, 9.17) is 10.5 Å². The van der Waals surface area contributed by atoms with E-state index >= 15 is 0 Å². The van der Waals surface area contributed by atoms with Gasteiger partial charge in [-0.05, 0) is 45.4 Å². The summed E-state index contributed by atoms with van der Waals surface area (Å²) < 4.78 is 44.4. The molecule has 23 heavy (non-hydrogen) atoms. The molecule has 1 rings (SSSR count). The second kappa shape index (κ2) is 7.60. The summed E-state index contributed by atoms with van der Waals surface area (Å²) in [7, 11) is -3.82. The van der Waals surface area contributed by atoms with Gasteiger partial charge in [0.2, 0.25) is 10.0 Å². The molecule has 0 radical (unpaired) electrons. The van der Waals surface area contributed by atoms with Gasteiger partial charge in [0, 0.05) is 13.1 Å². The average molecular weight is 347 g/mol. The van der Waals surface area contributed by atoms with Gasteiger partial charge in [-0.2, -0.15) is 0 Å². The topological polar surface area (TPSA) is 111 Å². The van der Waals surface area contributed by atoms with E-state index in [1.807, 2.05) is 0 Å². The van der Waals surface area contributed by atoms with Crippen LogP contribution in [-0.2, 0) is 14.8 Å². The first-order valence-electron chi connectivity index (χ1n) is 7.03. The fraction of sp³-hybridized carbons (Fsp3) is 0.500. The monoisotopic (exact) mass is 347 g/mol. The zero-order chi connectivity index (χ0) is 17.7. The Kier molecular flexibility index (Phi) is 6.34. The van der Waals surface area contributed by atoms with Crippen LogP contribution in [-0.4, -0.2) is 33.2 Å². The predicted molar refractivity (Wildman–Crippen MR) is 84.9 cm³/mol. The Bertz CT molecular complexity index is 656. The highest BCUT2D eigenvalue weighted by atomic mass is 32.2. The van der Waals surface area contributed by atoms with Crippen LogP contribution in [0.15, 0.2) is 23.1 Å². The van der Waals surface area contributed by atoms with Gasteiger partial charge in [0.05, 0.1) is 5.69 Å². The first-order valence-corrected chi connectivity index (χ1v) is 8.51. The molecule has 0 aliphatic carbocycles. The van der Waals surface area contributed by atoms with Crippen molar-refractivity contribution in [2.24, 2.45) is 0 Å². The lowest BCUT2D eigenvalue weighted by atomic mass is 10.2. The molecule has 0 bridgehead atoms. The third kappa shape index (κ3) is 6.83. The number of hydrogen-bond acceptors (Lipinski definition) is 5. The molecular weight excluding hydrogens is 325 g/mol. The SMILES string of the molecule is CC(C)(C)OC(=O)NCCCNS(=O)(=O)c1ccc(F)cc1N. The second-order valence-electron chi connectivity index (χ2n) is 5.86. The minimum atomic E-state index is -3.82. The van der Waals surface area contributed by atoms with Crippen molar-refractivity contribution in [3.8, 4) is 0 Å². The van der Waals surface area contributed by atoms with E-state index in [0.29, 0.717) is 6.42 Å². The zero-order valence-electron chi connectivity index (χ0n) is 13.3. The van der Waals surface area contributed by atoms with E-state index in [9.17, 15) is 17.6 Å². The summed E-state index contributed by atoms with van der Waals surface area (Å²) in [5, 5.41) is 2.51. The van der Waals surface area contributed by atoms with Crippen molar-refractivity contribution in [1.82, 2.24) is 10.0 Å². The Balaban J connectivity index is 2.42. The molecule has 0 fully saturated rings. The van der Waals surface area contributed by atoms with E-state index in [2.05, 4.69) is 10.0 Å². The highest BCUT2D eigenvalue weighted by Crippen LogP contribution is 2.18. The molecule has 0 saturated carbocycles. The van der Waals surface area contributed by atoms with Crippen molar-refractivity contribution < 1.29 is 22.3 Å². The molecule has 9 heteroatoms. The molecule has 0 spiro atoms. The molecule has 1 aromatic carbocycles. The van der Waals surface area contributed by atoms with E-state index in [1.165, 1.54) is 0 Å². The summed E-state index contributed by atoms with van der Waals surface area (Å²) >= 11 is 0. The maximum atomic E-state index is 12.9. The summed E-state index contributed by atoms with van der Waals surface area (Å²) in [6, 6.07) is 3.07. The molecule has 0 unspecified atom stereocenters. The second-order valence-corrected chi connectivity index (χ2v) is 7.60. The third-order valence-electron chi connectivity index (χ3n) is 2.58. The van der Waals surface area contributed by atoms with E-state index in [1.54, 1.807) is 20.8 Å². The number of nitrogens with one attached hydrogen (secondary N) is 2. The number of halogens is 1. The van der Waals surface area contributed by atoms with Crippen molar-refractivity contribution in [2.75, 3.05) is 18.8 Å². The molecule has 7 nitrogen and oxygen atoms in total. The van der Waals surface area contributed by atoms with E-state index in [0.717, 1.165) is 18.2 Å². The zero-order valence-corrected chi connectivity index (χ0v) is 14.2. The largest absolute Gasteiger partial charge is 0.444 e. The lowest BCUT2D eigenvalue weighted by Gasteiger charge is -2.19. The lowest BCUT2D eigenvalue weighted by molar-refractivity contribution is 0.0527. The van der Waals surface area contributed by atoms with Crippen molar-refractivity contribution in [3.05, 3.63) is 24.0 Å². The van der Waals surface area contributed by atoms with Crippen molar-refractivity contribution in [2.45, 2.75) is 37.7 Å². The molecule has 0 aliphatic heterocycles. The average Bonchev–Trinajstić information content (AvgIpc) is 2.35. The Morgan fingerprint density at radius 1 is 1.30 bits per heavy atom. The molecule has 1 aromatic rings.